The Kier molecular flexibility index (Phi) is 5.60. The number of aryl methyl sites for hydroxylation is 2. The Bertz CT molecular complexity index is 564. The Hall–Kier alpha value is -0.630. The van der Waals surface area contributed by atoms with Crippen LogP contribution in [-0.4, -0.2) is 48.7 Å². The van der Waals surface area contributed by atoms with Crippen LogP contribution in [0.3, 0.4) is 0 Å². The van der Waals surface area contributed by atoms with E-state index in [2.05, 4.69) is 10.4 Å². The molecule has 0 aliphatic carbocycles. The molecule has 2 heterocycles. The summed E-state index contributed by atoms with van der Waals surface area (Å²) in [4.78, 5) is 0.357. The maximum absolute atomic E-state index is 12.7. The third-order valence-corrected chi connectivity index (χ3v) is 6.07. The second kappa shape index (κ2) is 6.43. The van der Waals surface area contributed by atoms with E-state index in [9.17, 15) is 8.42 Å². The monoisotopic (exact) mass is 322 g/mol. The van der Waals surface area contributed by atoms with Crippen molar-refractivity contribution in [3.63, 3.8) is 0 Å². The molecular formula is C12H23ClN4O2S. The summed E-state index contributed by atoms with van der Waals surface area (Å²) in [5.41, 5.74) is 1.26. The third kappa shape index (κ3) is 3.00. The minimum atomic E-state index is -3.46. The van der Waals surface area contributed by atoms with Crippen LogP contribution in [0.4, 0.5) is 0 Å². The van der Waals surface area contributed by atoms with E-state index in [1.54, 1.807) is 32.6 Å². The second-order valence-corrected chi connectivity index (χ2v) is 7.06. The maximum atomic E-state index is 12.7. The fourth-order valence-electron chi connectivity index (χ4n) is 2.64. The fraction of sp³-hybridized carbons (Fsp3) is 0.750. The lowest BCUT2D eigenvalue weighted by molar-refractivity contribution is 0.296. The van der Waals surface area contributed by atoms with Crippen LogP contribution in [0.5, 0.6) is 0 Å². The average Bonchev–Trinajstić information content (AvgIpc) is 2.63. The van der Waals surface area contributed by atoms with E-state index in [4.69, 9.17) is 0 Å². The standard InChI is InChI=1S/C12H22N4O2S.ClH/c1-9-12(10(2)15(3)14-9)19(17,18)16(4)11-5-7-13-8-6-11;/h11,13H,5-8H2,1-4H3;1H. The van der Waals surface area contributed by atoms with Gasteiger partial charge in [-0.25, -0.2) is 8.42 Å². The van der Waals surface area contributed by atoms with Crippen molar-refractivity contribution < 1.29 is 8.42 Å². The van der Waals surface area contributed by atoms with E-state index in [-0.39, 0.29) is 18.4 Å². The highest BCUT2D eigenvalue weighted by Gasteiger charge is 2.33. The van der Waals surface area contributed by atoms with Crippen molar-refractivity contribution in [1.29, 1.82) is 0 Å². The van der Waals surface area contributed by atoms with Gasteiger partial charge < -0.3 is 5.32 Å². The van der Waals surface area contributed by atoms with Gasteiger partial charge in [0.05, 0.1) is 11.4 Å². The molecular weight excluding hydrogens is 300 g/mol. The van der Waals surface area contributed by atoms with Gasteiger partial charge in [0.25, 0.3) is 0 Å². The van der Waals surface area contributed by atoms with Gasteiger partial charge in [-0.1, -0.05) is 0 Å². The van der Waals surface area contributed by atoms with Crippen molar-refractivity contribution in [3.8, 4) is 0 Å². The zero-order valence-electron chi connectivity index (χ0n) is 12.4. The van der Waals surface area contributed by atoms with Crippen LogP contribution in [0.1, 0.15) is 24.2 Å². The number of hydrogen-bond acceptors (Lipinski definition) is 4. The summed E-state index contributed by atoms with van der Waals surface area (Å²) >= 11 is 0. The zero-order valence-corrected chi connectivity index (χ0v) is 14.0. The minimum Gasteiger partial charge on any atom is -0.317 e. The molecule has 0 spiro atoms. The third-order valence-electron chi connectivity index (χ3n) is 3.90. The summed E-state index contributed by atoms with van der Waals surface area (Å²) in [6.45, 7) is 5.28. The second-order valence-electron chi connectivity index (χ2n) is 5.13. The van der Waals surface area contributed by atoms with Crippen molar-refractivity contribution in [2.75, 3.05) is 20.1 Å². The van der Waals surface area contributed by atoms with Crippen LogP contribution in [0, 0.1) is 13.8 Å². The first-order valence-corrected chi connectivity index (χ1v) is 7.98. The molecule has 1 fully saturated rings. The van der Waals surface area contributed by atoms with E-state index in [0.717, 1.165) is 25.9 Å². The van der Waals surface area contributed by atoms with Gasteiger partial charge in [0.1, 0.15) is 4.90 Å². The molecule has 0 saturated carbocycles. The van der Waals surface area contributed by atoms with Gasteiger partial charge in [0.2, 0.25) is 10.0 Å². The lowest BCUT2D eigenvalue weighted by atomic mass is 10.1. The molecule has 0 aromatic carbocycles. The van der Waals surface area contributed by atoms with Crippen molar-refractivity contribution in [2.45, 2.75) is 37.6 Å². The minimum absolute atomic E-state index is 0. The van der Waals surface area contributed by atoms with Gasteiger partial charge in [-0.15, -0.1) is 12.4 Å². The first-order chi connectivity index (χ1) is 8.85. The first kappa shape index (κ1) is 17.4. The summed E-state index contributed by atoms with van der Waals surface area (Å²) < 4.78 is 28.6. The van der Waals surface area contributed by atoms with E-state index in [1.165, 1.54) is 4.31 Å². The van der Waals surface area contributed by atoms with Crippen LogP contribution in [0.2, 0.25) is 0 Å². The largest absolute Gasteiger partial charge is 0.317 e. The first-order valence-electron chi connectivity index (χ1n) is 6.54. The summed E-state index contributed by atoms with van der Waals surface area (Å²) in [6, 6.07) is 0.0743. The number of nitrogens with zero attached hydrogens (tertiary/aromatic N) is 3. The Morgan fingerprint density at radius 3 is 2.30 bits per heavy atom. The van der Waals surface area contributed by atoms with E-state index < -0.39 is 10.0 Å². The molecule has 1 aromatic rings. The highest BCUT2D eigenvalue weighted by atomic mass is 35.5. The molecule has 6 nitrogen and oxygen atoms in total. The number of nitrogens with one attached hydrogen (secondary N) is 1. The van der Waals surface area contributed by atoms with Gasteiger partial charge in [-0.05, 0) is 39.8 Å². The quantitative estimate of drug-likeness (QED) is 0.895. The lowest BCUT2D eigenvalue weighted by Gasteiger charge is -2.30. The molecule has 1 N–H and O–H groups in total. The average molecular weight is 323 g/mol. The number of piperidine rings is 1. The van der Waals surface area contributed by atoms with Crippen molar-refractivity contribution in [3.05, 3.63) is 11.4 Å². The van der Waals surface area contributed by atoms with Crippen molar-refractivity contribution in [2.24, 2.45) is 7.05 Å². The summed E-state index contributed by atoms with van der Waals surface area (Å²) in [6.07, 6.45) is 1.71. The molecule has 0 unspecified atom stereocenters. The molecule has 2 rings (SSSR count). The van der Waals surface area contributed by atoms with E-state index in [0.29, 0.717) is 16.3 Å². The van der Waals surface area contributed by atoms with Crippen LogP contribution in [0.15, 0.2) is 4.90 Å². The Morgan fingerprint density at radius 2 is 1.85 bits per heavy atom. The van der Waals surface area contributed by atoms with Crippen LogP contribution in [-0.2, 0) is 17.1 Å². The zero-order chi connectivity index (χ0) is 14.2. The Morgan fingerprint density at radius 1 is 1.30 bits per heavy atom. The Balaban J connectivity index is 0.00000200. The molecule has 0 radical (unpaired) electrons. The number of hydrogen-bond donors (Lipinski definition) is 1. The molecule has 0 amide bonds. The van der Waals surface area contributed by atoms with Gasteiger partial charge in [0.15, 0.2) is 0 Å². The molecule has 0 atom stereocenters. The van der Waals surface area contributed by atoms with E-state index >= 15 is 0 Å². The number of rotatable bonds is 3. The topological polar surface area (TPSA) is 67.2 Å². The SMILES string of the molecule is Cc1nn(C)c(C)c1S(=O)(=O)N(C)C1CCNCC1.Cl. The normalized spacial score (nSPS) is 17.2. The number of sulfonamides is 1. The molecule has 8 heteroatoms. The molecule has 1 aliphatic rings. The summed E-state index contributed by atoms with van der Waals surface area (Å²) in [7, 11) is -0.00940. The highest BCUT2D eigenvalue weighted by Crippen LogP contribution is 2.25. The molecule has 0 bridgehead atoms. The summed E-state index contributed by atoms with van der Waals surface area (Å²) in [5, 5.41) is 7.45. The predicted octanol–water partition coefficient (Wildman–Crippen LogP) is 0.831. The van der Waals surface area contributed by atoms with Gasteiger partial charge in [-0.3, -0.25) is 4.68 Å². The van der Waals surface area contributed by atoms with Crippen LogP contribution in [0.25, 0.3) is 0 Å². The highest BCUT2D eigenvalue weighted by molar-refractivity contribution is 7.89. The van der Waals surface area contributed by atoms with Crippen LogP contribution >= 0.6 is 12.4 Å². The van der Waals surface area contributed by atoms with Gasteiger partial charge >= 0.3 is 0 Å². The molecule has 1 aliphatic heterocycles. The van der Waals surface area contributed by atoms with E-state index in [1.807, 2.05) is 0 Å². The predicted molar refractivity (Wildman–Crippen MR) is 80.8 cm³/mol. The Labute approximate surface area is 127 Å². The van der Waals surface area contributed by atoms with Gasteiger partial charge in [0, 0.05) is 20.1 Å². The smallest absolute Gasteiger partial charge is 0.246 e. The number of aromatic nitrogens is 2. The number of halogens is 1. The molecule has 1 saturated heterocycles. The van der Waals surface area contributed by atoms with Crippen molar-refractivity contribution in [1.82, 2.24) is 19.4 Å². The van der Waals surface area contributed by atoms with Gasteiger partial charge in [-0.2, -0.15) is 9.40 Å². The summed E-state index contributed by atoms with van der Waals surface area (Å²) in [5.74, 6) is 0. The lowest BCUT2D eigenvalue weighted by Crippen LogP contribution is -2.44. The van der Waals surface area contributed by atoms with Crippen molar-refractivity contribution >= 4 is 22.4 Å². The molecule has 20 heavy (non-hydrogen) atoms. The van der Waals surface area contributed by atoms with Crippen LogP contribution < -0.4 is 5.32 Å². The fourth-order valence-corrected chi connectivity index (χ4v) is 4.45. The molecule has 116 valence electrons. The maximum Gasteiger partial charge on any atom is 0.246 e. The molecule has 1 aromatic heterocycles.